The molecule has 1 fully saturated rings. The van der Waals surface area contributed by atoms with Crippen LogP contribution in [-0.2, 0) is 11.3 Å². The highest BCUT2D eigenvalue weighted by Crippen LogP contribution is 2.20. The van der Waals surface area contributed by atoms with Crippen LogP contribution in [0.3, 0.4) is 0 Å². The fourth-order valence-electron chi connectivity index (χ4n) is 3.99. The molecule has 0 N–H and O–H groups in total. The van der Waals surface area contributed by atoms with E-state index >= 15 is 0 Å². The second kappa shape index (κ2) is 9.10. The maximum atomic E-state index is 13.5. The Morgan fingerprint density at radius 3 is 2.38 bits per heavy atom. The van der Waals surface area contributed by atoms with E-state index < -0.39 is 11.2 Å². The van der Waals surface area contributed by atoms with E-state index in [1.54, 1.807) is 41.3 Å². The average molecular weight is 475 g/mol. The van der Waals surface area contributed by atoms with Crippen molar-refractivity contribution in [1.29, 1.82) is 0 Å². The Morgan fingerprint density at radius 1 is 1.00 bits per heavy atom. The molecule has 0 unspecified atom stereocenters. The van der Waals surface area contributed by atoms with Gasteiger partial charge in [0.15, 0.2) is 0 Å². The Balaban J connectivity index is 1.83. The maximum Gasteiger partial charge on any atom is 0.336 e. The van der Waals surface area contributed by atoms with Gasteiger partial charge >= 0.3 is 5.69 Å². The van der Waals surface area contributed by atoms with Crippen molar-refractivity contribution < 1.29 is 4.79 Å². The van der Waals surface area contributed by atoms with E-state index in [0.717, 1.165) is 29.8 Å². The molecule has 0 bridgehead atoms. The summed E-state index contributed by atoms with van der Waals surface area (Å²) in [5.41, 5.74) is 0.428. The molecule has 1 aliphatic heterocycles. The smallest absolute Gasteiger partial charge is 0.336 e. The van der Waals surface area contributed by atoms with E-state index in [0.29, 0.717) is 39.7 Å². The molecule has 1 aromatic heterocycles. The molecular formula is C23H24Cl2N4O3. The van der Waals surface area contributed by atoms with Gasteiger partial charge in [-0.2, -0.15) is 0 Å². The molecule has 7 nitrogen and oxygen atoms in total. The highest BCUT2D eigenvalue weighted by atomic mass is 35.5. The second-order valence-corrected chi connectivity index (χ2v) is 8.76. The third-order valence-electron chi connectivity index (χ3n) is 5.99. The van der Waals surface area contributed by atoms with Crippen LogP contribution < -0.4 is 11.2 Å². The van der Waals surface area contributed by atoms with Crippen molar-refractivity contribution in [2.75, 3.05) is 32.7 Å². The summed E-state index contributed by atoms with van der Waals surface area (Å²) in [6.07, 6.45) is 0. The van der Waals surface area contributed by atoms with Gasteiger partial charge in [-0.15, -0.1) is 0 Å². The van der Waals surface area contributed by atoms with E-state index in [9.17, 15) is 14.4 Å². The maximum absolute atomic E-state index is 13.5. The van der Waals surface area contributed by atoms with Crippen molar-refractivity contribution in [2.24, 2.45) is 0 Å². The number of aromatic nitrogens is 2. The molecule has 0 saturated carbocycles. The van der Waals surface area contributed by atoms with Crippen LogP contribution in [0, 0.1) is 6.92 Å². The zero-order valence-corrected chi connectivity index (χ0v) is 19.5. The number of hydrogen-bond acceptors (Lipinski definition) is 4. The van der Waals surface area contributed by atoms with Gasteiger partial charge in [-0.25, -0.2) is 9.36 Å². The van der Waals surface area contributed by atoms with Gasteiger partial charge in [-0.05, 0) is 49.4 Å². The highest BCUT2D eigenvalue weighted by molar-refractivity contribution is 6.31. The van der Waals surface area contributed by atoms with E-state index in [1.165, 1.54) is 4.57 Å². The third-order valence-corrected chi connectivity index (χ3v) is 6.63. The predicted molar refractivity (Wildman–Crippen MR) is 127 cm³/mol. The first-order chi connectivity index (χ1) is 15.3. The number of fused-ring (bicyclic) bond motifs is 1. The summed E-state index contributed by atoms with van der Waals surface area (Å²) in [4.78, 5) is 43.8. The molecule has 2 heterocycles. The van der Waals surface area contributed by atoms with Crippen molar-refractivity contribution in [1.82, 2.24) is 18.9 Å². The number of rotatable bonds is 4. The molecule has 4 rings (SSSR count). The van der Waals surface area contributed by atoms with Crippen LogP contribution in [-0.4, -0.2) is 57.6 Å². The minimum Gasteiger partial charge on any atom is -0.339 e. The molecule has 1 saturated heterocycles. The van der Waals surface area contributed by atoms with E-state index in [2.05, 4.69) is 11.8 Å². The largest absolute Gasteiger partial charge is 0.339 e. The van der Waals surface area contributed by atoms with Crippen molar-refractivity contribution in [3.05, 3.63) is 72.8 Å². The standard InChI is InChI=1S/C23H24Cl2N4O3/c1-3-26-8-10-27(11-9-26)21(30)14-28-20-12-16(24)5-7-18(20)22(31)29(23(28)32)17-6-4-15(2)19(25)13-17/h4-7,12-13H,3,8-11,14H2,1-2H3. The molecule has 1 amide bonds. The monoisotopic (exact) mass is 474 g/mol. The quantitative estimate of drug-likeness (QED) is 0.582. The molecule has 9 heteroatoms. The van der Waals surface area contributed by atoms with Gasteiger partial charge in [-0.3, -0.25) is 14.2 Å². The first-order valence-corrected chi connectivity index (χ1v) is 11.3. The van der Waals surface area contributed by atoms with Gasteiger partial charge < -0.3 is 9.80 Å². The summed E-state index contributed by atoms with van der Waals surface area (Å²) in [7, 11) is 0. The number of aryl methyl sites for hydroxylation is 1. The first kappa shape index (κ1) is 22.6. The molecule has 0 aliphatic carbocycles. The fraction of sp³-hybridized carbons (Fsp3) is 0.348. The van der Waals surface area contributed by atoms with Crippen molar-refractivity contribution in [2.45, 2.75) is 20.4 Å². The number of carbonyl (C=O) groups is 1. The third kappa shape index (κ3) is 4.20. The lowest BCUT2D eigenvalue weighted by atomic mass is 10.2. The fourth-order valence-corrected chi connectivity index (χ4v) is 4.33. The van der Waals surface area contributed by atoms with Crippen LogP contribution in [0.25, 0.3) is 16.6 Å². The number of benzene rings is 2. The summed E-state index contributed by atoms with van der Waals surface area (Å²) >= 11 is 12.4. The lowest BCUT2D eigenvalue weighted by Crippen LogP contribution is -2.50. The topological polar surface area (TPSA) is 67.5 Å². The van der Waals surface area contributed by atoms with Gasteiger partial charge in [0, 0.05) is 36.2 Å². The zero-order valence-electron chi connectivity index (χ0n) is 18.0. The van der Waals surface area contributed by atoms with Crippen LogP contribution in [0.2, 0.25) is 10.0 Å². The molecule has 2 aromatic carbocycles. The van der Waals surface area contributed by atoms with Crippen LogP contribution in [0.4, 0.5) is 0 Å². The average Bonchev–Trinajstić information content (AvgIpc) is 2.78. The molecule has 3 aromatic rings. The molecular weight excluding hydrogens is 451 g/mol. The van der Waals surface area contributed by atoms with Crippen molar-refractivity contribution in [3.63, 3.8) is 0 Å². The van der Waals surface area contributed by atoms with Gasteiger partial charge in [0.05, 0.1) is 16.6 Å². The van der Waals surface area contributed by atoms with Crippen LogP contribution in [0.15, 0.2) is 46.0 Å². The number of halogens is 2. The minimum absolute atomic E-state index is 0.170. The Bertz CT molecular complexity index is 1310. The predicted octanol–water partition coefficient (Wildman–Crippen LogP) is 2.93. The molecule has 1 aliphatic rings. The van der Waals surface area contributed by atoms with E-state index in [-0.39, 0.29) is 12.5 Å². The first-order valence-electron chi connectivity index (χ1n) is 10.5. The SMILES string of the molecule is CCN1CCN(C(=O)Cn2c(=O)n(-c3ccc(C)c(Cl)c3)c(=O)c3ccc(Cl)cc32)CC1. The Hall–Kier alpha value is -2.61. The Labute approximate surface area is 195 Å². The Kier molecular flexibility index (Phi) is 6.42. The molecule has 0 spiro atoms. The van der Waals surface area contributed by atoms with Gasteiger partial charge in [0.1, 0.15) is 6.54 Å². The minimum atomic E-state index is -0.606. The Morgan fingerprint density at radius 2 is 1.72 bits per heavy atom. The van der Waals surface area contributed by atoms with Gasteiger partial charge in [0.25, 0.3) is 5.56 Å². The second-order valence-electron chi connectivity index (χ2n) is 7.92. The summed E-state index contributed by atoms with van der Waals surface area (Å²) in [5.74, 6) is -0.170. The number of hydrogen-bond donors (Lipinski definition) is 0. The van der Waals surface area contributed by atoms with E-state index in [1.807, 2.05) is 6.92 Å². The zero-order chi connectivity index (χ0) is 23.0. The van der Waals surface area contributed by atoms with Crippen molar-refractivity contribution >= 4 is 40.0 Å². The molecule has 168 valence electrons. The normalized spacial score (nSPS) is 14.8. The lowest BCUT2D eigenvalue weighted by Gasteiger charge is -2.34. The summed E-state index contributed by atoms with van der Waals surface area (Å²) in [6, 6.07) is 9.72. The van der Waals surface area contributed by atoms with Crippen LogP contribution in [0.5, 0.6) is 0 Å². The molecule has 32 heavy (non-hydrogen) atoms. The van der Waals surface area contributed by atoms with Gasteiger partial charge in [-0.1, -0.05) is 36.2 Å². The van der Waals surface area contributed by atoms with Gasteiger partial charge in [0.2, 0.25) is 5.91 Å². The number of piperazine rings is 1. The molecule has 0 atom stereocenters. The summed E-state index contributed by atoms with van der Waals surface area (Å²) < 4.78 is 2.38. The van der Waals surface area contributed by atoms with E-state index in [4.69, 9.17) is 23.2 Å². The highest BCUT2D eigenvalue weighted by Gasteiger charge is 2.23. The summed E-state index contributed by atoms with van der Waals surface area (Å²) in [6.45, 7) is 7.49. The van der Waals surface area contributed by atoms with Crippen LogP contribution in [0.1, 0.15) is 12.5 Å². The summed E-state index contributed by atoms with van der Waals surface area (Å²) in [5, 5.41) is 1.13. The van der Waals surface area contributed by atoms with Crippen molar-refractivity contribution in [3.8, 4) is 5.69 Å². The number of amides is 1. The number of likely N-dealkylation sites (N-methyl/N-ethyl adjacent to an activating group) is 1. The lowest BCUT2D eigenvalue weighted by molar-refractivity contribution is -0.133. The number of carbonyl (C=O) groups excluding carboxylic acids is 1. The number of nitrogens with zero attached hydrogens (tertiary/aromatic N) is 4. The van der Waals surface area contributed by atoms with Crippen LogP contribution >= 0.6 is 23.2 Å². The molecule has 0 radical (unpaired) electrons.